The number of hydrogen-bond donors (Lipinski definition) is 2. The third-order valence-electron chi connectivity index (χ3n) is 8.00. The molecule has 0 radical (unpaired) electrons. The zero-order chi connectivity index (χ0) is 33.5. The van der Waals surface area contributed by atoms with Gasteiger partial charge in [-0.3, -0.25) is 0 Å². The number of anilines is 2. The van der Waals surface area contributed by atoms with Crippen molar-refractivity contribution < 1.29 is 18.6 Å². The molecule has 244 valence electrons. The lowest BCUT2D eigenvalue weighted by atomic mass is 9.94. The molecule has 0 unspecified atom stereocenters. The molecule has 0 atom stereocenters. The highest BCUT2D eigenvalue weighted by Crippen LogP contribution is 2.36. The summed E-state index contributed by atoms with van der Waals surface area (Å²) < 4.78 is 31.1. The second-order valence-corrected chi connectivity index (χ2v) is 11.5. The van der Waals surface area contributed by atoms with Crippen LogP contribution in [0.5, 0.6) is 17.4 Å². The van der Waals surface area contributed by atoms with E-state index in [4.69, 9.17) is 30.8 Å². The molecule has 0 saturated carbocycles. The Morgan fingerprint density at radius 3 is 2.46 bits per heavy atom. The molecule has 2 N–H and O–H groups in total. The molecule has 0 aliphatic carbocycles. The van der Waals surface area contributed by atoms with Gasteiger partial charge in [-0.2, -0.15) is 0 Å². The Kier molecular flexibility index (Phi) is 10.3. The zero-order valence-corrected chi connectivity index (χ0v) is 27.6. The summed E-state index contributed by atoms with van der Waals surface area (Å²) in [4.78, 5) is 13.6. The van der Waals surface area contributed by atoms with Crippen LogP contribution >= 0.6 is 11.6 Å². The molecule has 48 heavy (non-hydrogen) atoms. The lowest BCUT2D eigenvalue weighted by molar-refractivity contribution is 0.288. The summed E-state index contributed by atoms with van der Waals surface area (Å²) >= 11 is 5.96. The van der Waals surface area contributed by atoms with Crippen molar-refractivity contribution in [2.45, 2.75) is 19.9 Å². The Bertz CT molecular complexity index is 2040. The lowest BCUT2D eigenvalue weighted by Crippen LogP contribution is -2.18. The molecule has 0 spiro atoms. The second kappa shape index (κ2) is 15.1. The number of fused-ring (bicyclic) bond motifs is 1. The van der Waals surface area contributed by atoms with Crippen LogP contribution in [0.15, 0.2) is 97.3 Å². The minimum absolute atomic E-state index is 0.0179. The molecule has 6 aromatic rings. The number of benzene rings is 4. The van der Waals surface area contributed by atoms with Crippen molar-refractivity contribution in [1.82, 2.24) is 20.3 Å². The van der Waals surface area contributed by atoms with E-state index < -0.39 is 5.82 Å². The first-order chi connectivity index (χ1) is 23.4. The fourth-order valence-corrected chi connectivity index (χ4v) is 5.70. The standard InChI is InChI=1S/C38H35ClFN5O3/c1-24-28(25-9-5-4-6-10-25)11-7-12-29(24)33-16-13-26(38(45-33)47-3)22-41-17-8-18-48-36-20-30-34(21-35(36)46-2)42-23-43-37(30)44-27-14-15-32(40)31(39)19-27/h4-7,9-16,19-21,23,41H,8,17-18,22H2,1-3H3,(H,42,43,44). The normalized spacial score (nSPS) is 11.0. The Morgan fingerprint density at radius 2 is 1.67 bits per heavy atom. The van der Waals surface area contributed by atoms with Crippen LogP contribution in [0.1, 0.15) is 17.5 Å². The predicted molar refractivity (Wildman–Crippen MR) is 189 cm³/mol. The van der Waals surface area contributed by atoms with Gasteiger partial charge >= 0.3 is 0 Å². The Labute approximate surface area is 283 Å². The Morgan fingerprint density at radius 1 is 0.833 bits per heavy atom. The van der Waals surface area contributed by atoms with Crippen molar-refractivity contribution in [2.75, 3.05) is 32.7 Å². The van der Waals surface area contributed by atoms with Crippen molar-refractivity contribution in [2.24, 2.45) is 0 Å². The summed E-state index contributed by atoms with van der Waals surface area (Å²) in [7, 11) is 3.24. The molecule has 10 heteroatoms. The van der Waals surface area contributed by atoms with Crippen LogP contribution in [0, 0.1) is 12.7 Å². The summed E-state index contributed by atoms with van der Waals surface area (Å²) in [5.74, 6) is 1.76. The van der Waals surface area contributed by atoms with E-state index in [1.165, 1.54) is 35.2 Å². The van der Waals surface area contributed by atoms with Gasteiger partial charge in [0.2, 0.25) is 5.88 Å². The average Bonchev–Trinajstić information content (AvgIpc) is 3.11. The van der Waals surface area contributed by atoms with E-state index in [0.717, 1.165) is 28.6 Å². The molecule has 0 aliphatic heterocycles. The van der Waals surface area contributed by atoms with E-state index in [2.05, 4.69) is 76.1 Å². The minimum atomic E-state index is -0.491. The fourth-order valence-electron chi connectivity index (χ4n) is 5.52. The summed E-state index contributed by atoms with van der Waals surface area (Å²) in [6.45, 7) is 3.88. The molecule has 0 aliphatic rings. The molecule has 2 aromatic heterocycles. The van der Waals surface area contributed by atoms with Crippen LogP contribution in [0.25, 0.3) is 33.3 Å². The molecule has 0 fully saturated rings. The summed E-state index contributed by atoms with van der Waals surface area (Å²) in [5.41, 5.74) is 7.71. The van der Waals surface area contributed by atoms with Gasteiger partial charge in [-0.1, -0.05) is 66.2 Å². The van der Waals surface area contributed by atoms with Crippen molar-refractivity contribution >= 4 is 34.0 Å². The van der Waals surface area contributed by atoms with Crippen LogP contribution in [0.4, 0.5) is 15.9 Å². The van der Waals surface area contributed by atoms with Gasteiger partial charge in [-0.05, 0) is 66.9 Å². The average molecular weight is 664 g/mol. The van der Waals surface area contributed by atoms with Gasteiger partial charge in [0.1, 0.15) is 18.0 Å². The first-order valence-corrected chi connectivity index (χ1v) is 15.9. The van der Waals surface area contributed by atoms with Crippen molar-refractivity contribution in [3.63, 3.8) is 0 Å². The maximum absolute atomic E-state index is 13.7. The largest absolute Gasteiger partial charge is 0.493 e. The molecule has 2 heterocycles. The highest BCUT2D eigenvalue weighted by Gasteiger charge is 2.14. The third-order valence-corrected chi connectivity index (χ3v) is 8.29. The van der Waals surface area contributed by atoms with E-state index in [1.807, 2.05) is 18.2 Å². The molecule has 0 saturated heterocycles. The van der Waals surface area contributed by atoms with E-state index in [-0.39, 0.29) is 5.02 Å². The summed E-state index contributed by atoms with van der Waals surface area (Å²) in [6.07, 6.45) is 2.19. The van der Waals surface area contributed by atoms with E-state index in [9.17, 15) is 4.39 Å². The zero-order valence-electron chi connectivity index (χ0n) is 26.9. The number of nitrogens with zero attached hydrogens (tertiary/aromatic N) is 3. The number of halogens is 2. The lowest BCUT2D eigenvalue weighted by Gasteiger charge is -2.15. The molecule has 0 amide bonds. The molecule has 4 aromatic carbocycles. The number of pyridine rings is 1. The Hall–Kier alpha value is -5.25. The van der Waals surface area contributed by atoms with Crippen LogP contribution in [-0.4, -0.2) is 42.3 Å². The smallest absolute Gasteiger partial charge is 0.218 e. The topological polar surface area (TPSA) is 90.4 Å². The summed E-state index contributed by atoms with van der Waals surface area (Å²) in [5, 5.41) is 7.39. The van der Waals surface area contributed by atoms with Gasteiger partial charge in [0, 0.05) is 34.8 Å². The highest BCUT2D eigenvalue weighted by molar-refractivity contribution is 6.31. The van der Waals surface area contributed by atoms with Crippen LogP contribution in [0.2, 0.25) is 5.02 Å². The van der Waals surface area contributed by atoms with Gasteiger partial charge in [-0.15, -0.1) is 0 Å². The van der Waals surface area contributed by atoms with Gasteiger partial charge in [0.25, 0.3) is 0 Å². The number of rotatable bonds is 13. The fraction of sp³-hybridized carbons (Fsp3) is 0.184. The monoisotopic (exact) mass is 663 g/mol. The number of nitrogens with one attached hydrogen (secondary N) is 2. The van der Waals surface area contributed by atoms with Crippen molar-refractivity contribution in [1.29, 1.82) is 0 Å². The van der Waals surface area contributed by atoms with Gasteiger partial charge in [-0.25, -0.2) is 19.3 Å². The van der Waals surface area contributed by atoms with Crippen LogP contribution in [-0.2, 0) is 6.54 Å². The van der Waals surface area contributed by atoms with E-state index in [0.29, 0.717) is 54.1 Å². The van der Waals surface area contributed by atoms with Gasteiger partial charge in [0.05, 0.1) is 37.1 Å². The first-order valence-electron chi connectivity index (χ1n) is 15.5. The Balaban J connectivity index is 1.07. The van der Waals surface area contributed by atoms with Gasteiger partial charge in [0.15, 0.2) is 11.5 Å². The molecular weight excluding hydrogens is 629 g/mol. The van der Waals surface area contributed by atoms with Crippen LogP contribution in [0.3, 0.4) is 0 Å². The summed E-state index contributed by atoms with van der Waals surface area (Å²) in [6, 6.07) is 28.8. The molecule has 6 rings (SSSR count). The van der Waals surface area contributed by atoms with E-state index in [1.54, 1.807) is 26.4 Å². The molecule has 8 nitrogen and oxygen atoms in total. The van der Waals surface area contributed by atoms with E-state index >= 15 is 0 Å². The SMILES string of the molecule is COc1cc2ncnc(Nc3ccc(F)c(Cl)c3)c2cc1OCCCNCc1ccc(-c2cccc(-c3ccccc3)c2C)nc1OC. The second-order valence-electron chi connectivity index (χ2n) is 11.1. The number of hydrogen-bond acceptors (Lipinski definition) is 8. The highest BCUT2D eigenvalue weighted by atomic mass is 35.5. The minimum Gasteiger partial charge on any atom is -0.493 e. The van der Waals surface area contributed by atoms with Crippen LogP contribution < -0.4 is 24.8 Å². The van der Waals surface area contributed by atoms with Gasteiger partial charge < -0.3 is 24.8 Å². The predicted octanol–water partition coefficient (Wildman–Crippen LogP) is 8.78. The number of aromatic nitrogens is 3. The molecular formula is C38H35ClFN5O3. The first kappa shape index (κ1) is 32.7. The maximum atomic E-state index is 13.7. The van der Waals surface area contributed by atoms with Crippen molar-refractivity contribution in [3.8, 4) is 39.8 Å². The van der Waals surface area contributed by atoms with Crippen molar-refractivity contribution in [3.05, 3.63) is 119 Å². The maximum Gasteiger partial charge on any atom is 0.218 e. The quantitative estimate of drug-likeness (QED) is 0.119. The number of methoxy groups -OCH3 is 2. The third kappa shape index (κ3) is 7.33. The molecule has 0 bridgehead atoms. The number of ether oxygens (including phenoxy) is 3.